The summed E-state index contributed by atoms with van der Waals surface area (Å²) in [5.41, 5.74) is 1.49. The van der Waals surface area contributed by atoms with Crippen LogP contribution < -0.4 is 16.0 Å². The Labute approximate surface area is 177 Å². The van der Waals surface area contributed by atoms with Crippen molar-refractivity contribution in [2.24, 2.45) is 0 Å². The lowest BCUT2D eigenvalue weighted by Crippen LogP contribution is -2.40. The molecule has 3 N–H and O–H groups in total. The molecule has 1 aliphatic heterocycles. The first-order chi connectivity index (χ1) is 14.8. The molecule has 1 saturated heterocycles. The predicted octanol–water partition coefficient (Wildman–Crippen LogP) is 2.88. The lowest BCUT2D eigenvalue weighted by atomic mass is 9.92. The Morgan fingerprint density at radius 2 is 1.94 bits per heavy atom. The van der Waals surface area contributed by atoms with Gasteiger partial charge in [0.1, 0.15) is 11.4 Å². The van der Waals surface area contributed by atoms with Gasteiger partial charge in [0.25, 0.3) is 11.8 Å². The number of nitrogens with one attached hydrogen (secondary N) is 3. The van der Waals surface area contributed by atoms with Gasteiger partial charge in [0.15, 0.2) is 0 Å². The molecular formula is C22H20FN5O3. The van der Waals surface area contributed by atoms with Gasteiger partial charge in [-0.25, -0.2) is 13.9 Å². The van der Waals surface area contributed by atoms with Crippen molar-refractivity contribution in [1.29, 1.82) is 0 Å². The van der Waals surface area contributed by atoms with Crippen LogP contribution in [0.25, 0.3) is 5.69 Å². The molecule has 1 aromatic heterocycles. The first-order valence-electron chi connectivity index (χ1n) is 9.70. The Balaban J connectivity index is 1.60. The van der Waals surface area contributed by atoms with E-state index in [0.717, 1.165) is 0 Å². The third-order valence-electron chi connectivity index (χ3n) is 5.26. The van der Waals surface area contributed by atoms with Crippen molar-refractivity contribution >= 4 is 23.5 Å². The zero-order valence-corrected chi connectivity index (χ0v) is 16.9. The largest absolute Gasteiger partial charge is 0.322 e. The lowest BCUT2D eigenvalue weighted by molar-refractivity contribution is -0.123. The van der Waals surface area contributed by atoms with Gasteiger partial charge in [-0.2, -0.15) is 5.10 Å². The Morgan fingerprint density at radius 1 is 1.19 bits per heavy atom. The summed E-state index contributed by atoms with van der Waals surface area (Å²) in [6, 6.07) is 12.0. The highest BCUT2D eigenvalue weighted by atomic mass is 19.1. The number of benzene rings is 2. The number of carbonyl (C=O) groups is 3. The van der Waals surface area contributed by atoms with Crippen LogP contribution in [0, 0.1) is 5.82 Å². The number of anilines is 1. The highest BCUT2D eigenvalue weighted by molar-refractivity contribution is 6.08. The maximum atomic E-state index is 13.2. The number of urea groups is 1. The molecule has 0 radical (unpaired) electrons. The molecule has 1 unspecified atom stereocenters. The molecule has 0 saturated carbocycles. The van der Waals surface area contributed by atoms with E-state index in [0.29, 0.717) is 34.6 Å². The zero-order chi connectivity index (χ0) is 22.2. The van der Waals surface area contributed by atoms with Crippen LogP contribution in [0.1, 0.15) is 35.5 Å². The van der Waals surface area contributed by atoms with E-state index in [1.54, 1.807) is 48.0 Å². The van der Waals surface area contributed by atoms with E-state index in [1.807, 2.05) is 6.92 Å². The summed E-state index contributed by atoms with van der Waals surface area (Å²) < 4.78 is 14.8. The highest BCUT2D eigenvalue weighted by Crippen LogP contribution is 2.27. The fourth-order valence-corrected chi connectivity index (χ4v) is 3.56. The maximum Gasteiger partial charge on any atom is 0.322 e. The topological polar surface area (TPSA) is 105 Å². The quantitative estimate of drug-likeness (QED) is 0.551. The van der Waals surface area contributed by atoms with Crippen molar-refractivity contribution in [3.05, 3.63) is 77.4 Å². The summed E-state index contributed by atoms with van der Waals surface area (Å²) in [5, 5.41) is 11.9. The van der Waals surface area contributed by atoms with Gasteiger partial charge in [-0.3, -0.25) is 14.9 Å². The van der Waals surface area contributed by atoms with Crippen LogP contribution >= 0.6 is 0 Å². The monoisotopic (exact) mass is 421 g/mol. The third-order valence-corrected chi connectivity index (χ3v) is 5.26. The molecule has 3 aromatic rings. The second-order valence-corrected chi connectivity index (χ2v) is 7.31. The standard InChI is InChI=1S/C22H20FN5O3/c1-3-18-17(12-24-28(18)16-9-7-14(23)8-10-16)19(29)25-15-6-4-5-13(11-15)22(2)20(30)26-21(31)27-22/h4-12H,3H2,1-2H3,(H,25,29)(H2,26,27,30,31). The smallest absolute Gasteiger partial charge is 0.322 e. The number of nitrogens with zero attached hydrogens (tertiary/aromatic N) is 2. The Bertz CT molecular complexity index is 1190. The van der Waals surface area contributed by atoms with Crippen molar-refractivity contribution in [3.63, 3.8) is 0 Å². The maximum absolute atomic E-state index is 13.2. The highest BCUT2D eigenvalue weighted by Gasteiger charge is 2.43. The fraction of sp³-hybridized carbons (Fsp3) is 0.182. The second kappa shape index (κ2) is 7.67. The average molecular weight is 421 g/mol. The fourth-order valence-electron chi connectivity index (χ4n) is 3.56. The van der Waals surface area contributed by atoms with E-state index >= 15 is 0 Å². The minimum Gasteiger partial charge on any atom is -0.322 e. The summed E-state index contributed by atoms with van der Waals surface area (Å²) in [7, 11) is 0. The molecule has 1 atom stereocenters. The number of halogens is 1. The van der Waals surface area contributed by atoms with Gasteiger partial charge < -0.3 is 10.6 Å². The molecule has 2 aromatic carbocycles. The minimum atomic E-state index is -1.22. The van der Waals surface area contributed by atoms with Gasteiger partial charge in [0, 0.05) is 5.69 Å². The minimum absolute atomic E-state index is 0.354. The Kier molecular flexibility index (Phi) is 5.02. The van der Waals surface area contributed by atoms with E-state index in [2.05, 4.69) is 21.0 Å². The molecule has 2 heterocycles. The number of imide groups is 1. The van der Waals surface area contributed by atoms with Gasteiger partial charge in [0.05, 0.1) is 23.1 Å². The van der Waals surface area contributed by atoms with E-state index in [-0.39, 0.29) is 11.7 Å². The summed E-state index contributed by atoms with van der Waals surface area (Å²) in [6.45, 7) is 3.49. The molecule has 0 aliphatic carbocycles. The molecule has 9 heteroatoms. The molecule has 0 spiro atoms. The van der Waals surface area contributed by atoms with E-state index in [4.69, 9.17) is 0 Å². The molecule has 1 aliphatic rings. The van der Waals surface area contributed by atoms with Crippen LogP contribution in [-0.2, 0) is 16.8 Å². The Morgan fingerprint density at radius 3 is 2.58 bits per heavy atom. The number of carbonyl (C=O) groups excluding carboxylic acids is 3. The second-order valence-electron chi connectivity index (χ2n) is 7.31. The van der Waals surface area contributed by atoms with Crippen molar-refractivity contribution in [3.8, 4) is 5.69 Å². The average Bonchev–Trinajstić information content (AvgIpc) is 3.29. The van der Waals surface area contributed by atoms with Crippen molar-refractivity contribution in [2.75, 3.05) is 5.32 Å². The van der Waals surface area contributed by atoms with Crippen LogP contribution in [0.4, 0.5) is 14.9 Å². The Hall–Kier alpha value is -4.01. The molecule has 158 valence electrons. The number of amides is 4. The number of hydrogen-bond acceptors (Lipinski definition) is 4. The summed E-state index contributed by atoms with van der Waals surface area (Å²) in [4.78, 5) is 36.7. The summed E-state index contributed by atoms with van der Waals surface area (Å²) >= 11 is 0. The third kappa shape index (κ3) is 3.65. The lowest BCUT2D eigenvalue weighted by Gasteiger charge is -2.21. The SMILES string of the molecule is CCc1c(C(=O)Nc2cccc(C3(C)NC(=O)NC3=O)c2)cnn1-c1ccc(F)cc1. The van der Waals surface area contributed by atoms with E-state index < -0.39 is 17.5 Å². The molecule has 0 bridgehead atoms. The molecule has 4 amide bonds. The molecule has 1 fully saturated rings. The van der Waals surface area contributed by atoms with Gasteiger partial charge in [0.2, 0.25) is 0 Å². The van der Waals surface area contributed by atoms with Crippen molar-refractivity contribution in [2.45, 2.75) is 25.8 Å². The molecular weight excluding hydrogens is 401 g/mol. The first-order valence-corrected chi connectivity index (χ1v) is 9.70. The summed E-state index contributed by atoms with van der Waals surface area (Å²) in [6.07, 6.45) is 2.00. The van der Waals surface area contributed by atoms with E-state index in [1.165, 1.54) is 18.3 Å². The first kappa shape index (κ1) is 20.3. The normalized spacial score (nSPS) is 17.9. The van der Waals surface area contributed by atoms with Crippen LogP contribution in [0.5, 0.6) is 0 Å². The van der Waals surface area contributed by atoms with E-state index in [9.17, 15) is 18.8 Å². The van der Waals surface area contributed by atoms with Crippen molar-refractivity contribution < 1.29 is 18.8 Å². The predicted molar refractivity (Wildman–Crippen MR) is 111 cm³/mol. The molecule has 8 nitrogen and oxygen atoms in total. The number of hydrogen-bond donors (Lipinski definition) is 3. The van der Waals surface area contributed by atoms with Crippen molar-refractivity contribution in [1.82, 2.24) is 20.4 Å². The molecule has 4 rings (SSSR count). The van der Waals surface area contributed by atoms with Gasteiger partial charge >= 0.3 is 6.03 Å². The zero-order valence-electron chi connectivity index (χ0n) is 16.9. The molecule has 31 heavy (non-hydrogen) atoms. The van der Waals surface area contributed by atoms with Gasteiger partial charge in [-0.1, -0.05) is 19.1 Å². The van der Waals surface area contributed by atoms with Crippen LogP contribution in [0.2, 0.25) is 0 Å². The summed E-state index contributed by atoms with van der Waals surface area (Å²) in [5.74, 6) is -1.19. The number of aromatic nitrogens is 2. The van der Waals surface area contributed by atoms with Gasteiger partial charge in [-0.15, -0.1) is 0 Å². The van der Waals surface area contributed by atoms with Crippen LogP contribution in [0.3, 0.4) is 0 Å². The number of rotatable bonds is 5. The van der Waals surface area contributed by atoms with Crippen LogP contribution in [0.15, 0.2) is 54.7 Å². The van der Waals surface area contributed by atoms with Gasteiger partial charge in [-0.05, 0) is 55.3 Å². The van der Waals surface area contributed by atoms with Crippen LogP contribution in [-0.4, -0.2) is 27.6 Å².